The Labute approximate surface area is 71.6 Å². The van der Waals surface area contributed by atoms with Gasteiger partial charge in [-0.2, -0.15) is 0 Å². The van der Waals surface area contributed by atoms with E-state index in [1.54, 1.807) is 0 Å². The van der Waals surface area contributed by atoms with E-state index < -0.39 is 0 Å². The summed E-state index contributed by atoms with van der Waals surface area (Å²) < 4.78 is 0. The van der Waals surface area contributed by atoms with Crippen molar-refractivity contribution in [3.8, 4) is 0 Å². The molecule has 1 nitrogen and oxygen atoms in total. The minimum Gasteiger partial charge on any atom is -0.320 e. The monoisotopic (exact) mass is 157 g/mol. The number of hydrogen-bond acceptors (Lipinski definition) is 1. The molecular weight excluding hydrogens is 134 g/mol. The smallest absolute Gasteiger partial charge is 0.00493 e. The summed E-state index contributed by atoms with van der Waals surface area (Å²) in [5.74, 6) is 2.07. The van der Waals surface area contributed by atoms with E-state index in [0.717, 1.165) is 11.8 Å². The Morgan fingerprint density at radius 1 is 1.27 bits per heavy atom. The number of rotatable bonds is 3. The fourth-order valence-electron chi connectivity index (χ4n) is 1.65. The number of nitrogens with one attached hydrogen (secondary N) is 1. The fourth-order valence-corrected chi connectivity index (χ4v) is 1.65. The standard InChI is InChI=1S/C8H17N.C2H6/c1-7-5-8(6-7)3-4-9-2;1-2/h7-9H,3-6H2,1-2H3;1-2H3. The summed E-state index contributed by atoms with van der Waals surface area (Å²) >= 11 is 0. The lowest BCUT2D eigenvalue weighted by Crippen LogP contribution is -2.24. The van der Waals surface area contributed by atoms with Crippen LogP contribution in [0.3, 0.4) is 0 Å². The van der Waals surface area contributed by atoms with E-state index in [-0.39, 0.29) is 0 Å². The quantitative estimate of drug-likeness (QED) is 0.664. The highest BCUT2D eigenvalue weighted by atomic mass is 14.8. The topological polar surface area (TPSA) is 12.0 Å². The third kappa shape index (κ3) is 4.41. The van der Waals surface area contributed by atoms with Crippen LogP contribution in [0.5, 0.6) is 0 Å². The van der Waals surface area contributed by atoms with E-state index in [1.165, 1.54) is 25.8 Å². The van der Waals surface area contributed by atoms with E-state index in [0.29, 0.717) is 0 Å². The van der Waals surface area contributed by atoms with Crippen LogP contribution in [0.2, 0.25) is 0 Å². The van der Waals surface area contributed by atoms with Crippen LogP contribution in [0.4, 0.5) is 0 Å². The summed E-state index contributed by atoms with van der Waals surface area (Å²) in [5.41, 5.74) is 0. The van der Waals surface area contributed by atoms with Gasteiger partial charge in [-0.1, -0.05) is 20.8 Å². The molecule has 0 amide bonds. The first-order chi connectivity index (χ1) is 5.33. The van der Waals surface area contributed by atoms with E-state index >= 15 is 0 Å². The molecule has 0 bridgehead atoms. The van der Waals surface area contributed by atoms with Gasteiger partial charge in [0.05, 0.1) is 0 Å². The fraction of sp³-hybridized carbons (Fsp3) is 1.00. The first kappa shape index (κ1) is 11.0. The minimum absolute atomic E-state index is 1.02. The van der Waals surface area contributed by atoms with Crippen molar-refractivity contribution >= 4 is 0 Å². The first-order valence-electron chi connectivity index (χ1n) is 4.97. The Bertz CT molecular complexity index is 74.9. The minimum atomic E-state index is 1.02. The van der Waals surface area contributed by atoms with Gasteiger partial charge in [-0.05, 0) is 44.7 Å². The second-order valence-corrected chi connectivity index (χ2v) is 3.33. The molecule has 1 fully saturated rings. The molecule has 1 aliphatic rings. The Balaban J connectivity index is 0.000000461. The van der Waals surface area contributed by atoms with Crippen molar-refractivity contribution in [2.24, 2.45) is 11.8 Å². The maximum Gasteiger partial charge on any atom is -0.00493 e. The molecule has 0 aromatic carbocycles. The molecule has 1 heteroatoms. The zero-order chi connectivity index (χ0) is 8.69. The van der Waals surface area contributed by atoms with Crippen LogP contribution in [0, 0.1) is 11.8 Å². The highest BCUT2D eigenvalue weighted by Crippen LogP contribution is 2.34. The molecule has 11 heavy (non-hydrogen) atoms. The van der Waals surface area contributed by atoms with Crippen molar-refractivity contribution in [1.82, 2.24) is 5.32 Å². The normalized spacial score (nSPS) is 28.4. The molecule has 1 rings (SSSR count). The summed E-state index contributed by atoms with van der Waals surface area (Å²) in [4.78, 5) is 0. The van der Waals surface area contributed by atoms with E-state index in [1.807, 2.05) is 20.9 Å². The molecule has 0 saturated heterocycles. The van der Waals surface area contributed by atoms with Crippen molar-refractivity contribution in [2.45, 2.75) is 40.0 Å². The maximum atomic E-state index is 3.18. The van der Waals surface area contributed by atoms with Gasteiger partial charge in [0.1, 0.15) is 0 Å². The van der Waals surface area contributed by atoms with Crippen LogP contribution < -0.4 is 5.32 Å². The zero-order valence-corrected chi connectivity index (χ0v) is 8.48. The highest BCUT2D eigenvalue weighted by Gasteiger charge is 2.23. The molecule has 0 aromatic rings. The van der Waals surface area contributed by atoms with Crippen LogP contribution >= 0.6 is 0 Å². The van der Waals surface area contributed by atoms with Gasteiger partial charge in [-0.15, -0.1) is 0 Å². The van der Waals surface area contributed by atoms with Crippen LogP contribution in [0.1, 0.15) is 40.0 Å². The summed E-state index contributed by atoms with van der Waals surface area (Å²) in [6.45, 7) is 7.55. The molecule has 0 atom stereocenters. The van der Waals surface area contributed by atoms with Gasteiger partial charge < -0.3 is 5.32 Å². The molecule has 68 valence electrons. The third-order valence-corrected chi connectivity index (χ3v) is 2.27. The van der Waals surface area contributed by atoms with Gasteiger partial charge in [-0.25, -0.2) is 0 Å². The van der Waals surface area contributed by atoms with Gasteiger partial charge in [0, 0.05) is 0 Å². The predicted molar refractivity (Wildman–Crippen MR) is 51.8 cm³/mol. The Kier molecular flexibility index (Phi) is 6.63. The van der Waals surface area contributed by atoms with E-state index in [4.69, 9.17) is 0 Å². The molecule has 1 saturated carbocycles. The average Bonchev–Trinajstić information content (AvgIpc) is 2.00. The second-order valence-electron chi connectivity index (χ2n) is 3.33. The van der Waals surface area contributed by atoms with Crippen molar-refractivity contribution in [3.63, 3.8) is 0 Å². The summed E-state index contributed by atoms with van der Waals surface area (Å²) in [6, 6.07) is 0. The molecule has 0 unspecified atom stereocenters. The van der Waals surface area contributed by atoms with Gasteiger partial charge >= 0.3 is 0 Å². The summed E-state index contributed by atoms with van der Waals surface area (Å²) in [7, 11) is 2.03. The van der Waals surface area contributed by atoms with Crippen LogP contribution in [0.25, 0.3) is 0 Å². The summed E-state index contributed by atoms with van der Waals surface area (Å²) in [6.07, 6.45) is 4.34. The first-order valence-corrected chi connectivity index (χ1v) is 4.97. The Morgan fingerprint density at radius 3 is 2.18 bits per heavy atom. The zero-order valence-electron chi connectivity index (χ0n) is 8.48. The van der Waals surface area contributed by atoms with Crippen molar-refractivity contribution in [1.29, 1.82) is 0 Å². The molecule has 0 aliphatic heterocycles. The lowest BCUT2D eigenvalue weighted by Gasteiger charge is -2.32. The second kappa shape index (κ2) is 6.66. The van der Waals surface area contributed by atoms with Gasteiger partial charge in [0.25, 0.3) is 0 Å². The molecule has 0 heterocycles. The molecular formula is C10H23N. The molecule has 1 N–H and O–H groups in total. The third-order valence-electron chi connectivity index (χ3n) is 2.27. The van der Waals surface area contributed by atoms with Crippen LogP contribution in [0.15, 0.2) is 0 Å². The highest BCUT2D eigenvalue weighted by molar-refractivity contribution is 4.76. The van der Waals surface area contributed by atoms with Crippen molar-refractivity contribution < 1.29 is 0 Å². The van der Waals surface area contributed by atoms with Crippen molar-refractivity contribution in [2.75, 3.05) is 13.6 Å². The molecule has 0 spiro atoms. The SMILES string of the molecule is CC.CNCCC1CC(C)C1. The van der Waals surface area contributed by atoms with Gasteiger partial charge in [0.2, 0.25) is 0 Å². The summed E-state index contributed by atoms with van der Waals surface area (Å²) in [5, 5.41) is 3.18. The molecule has 0 aromatic heterocycles. The predicted octanol–water partition coefficient (Wildman–Crippen LogP) is 2.67. The largest absolute Gasteiger partial charge is 0.320 e. The maximum absolute atomic E-state index is 3.18. The lowest BCUT2D eigenvalue weighted by atomic mass is 9.74. The Hall–Kier alpha value is -0.0400. The van der Waals surface area contributed by atoms with Gasteiger partial charge in [0.15, 0.2) is 0 Å². The van der Waals surface area contributed by atoms with Crippen LogP contribution in [-0.4, -0.2) is 13.6 Å². The Morgan fingerprint density at radius 2 is 1.82 bits per heavy atom. The average molecular weight is 157 g/mol. The molecule has 1 aliphatic carbocycles. The molecule has 0 radical (unpaired) electrons. The van der Waals surface area contributed by atoms with Gasteiger partial charge in [-0.3, -0.25) is 0 Å². The van der Waals surface area contributed by atoms with E-state index in [2.05, 4.69) is 12.2 Å². The van der Waals surface area contributed by atoms with Crippen molar-refractivity contribution in [3.05, 3.63) is 0 Å². The lowest BCUT2D eigenvalue weighted by molar-refractivity contribution is 0.200. The van der Waals surface area contributed by atoms with E-state index in [9.17, 15) is 0 Å². The number of hydrogen-bond donors (Lipinski definition) is 1. The van der Waals surface area contributed by atoms with Crippen LogP contribution in [-0.2, 0) is 0 Å².